The van der Waals surface area contributed by atoms with Crippen LogP contribution in [0.1, 0.15) is 16.7 Å². The summed E-state index contributed by atoms with van der Waals surface area (Å²) in [5, 5.41) is 2.51. The Morgan fingerprint density at radius 3 is 2.36 bits per heavy atom. The molecule has 0 radical (unpaired) electrons. The maximum atomic E-state index is 12.9. The number of halogens is 4. The van der Waals surface area contributed by atoms with Gasteiger partial charge in [-0.2, -0.15) is 13.2 Å². The van der Waals surface area contributed by atoms with E-state index in [0.29, 0.717) is 24.5 Å². The predicted molar refractivity (Wildman–Crippen MR) is 99.1 cm³/mol. The van der Waals surface area contributed by atoms with E-state index in [1.165, 1.54) is 12.0 Å². The van der Waals surface area contributed by atoms with Gasteiger partial charge in [-0.25, -0.2) is 4.79 Å². The normalized spacial score (nSPS) is 13.7. The molecule has 0 saturated carbocycles. The third-order valence-corrected chi connectivity index (χ3v) is 4.87. The Labute approximate surface area is 165 Å². The van der Waals surface area contributed by atoms with Crippen molar-refractivity contribution in [2.45, 2.75) is 19.1 Å². The van der Waals surface area contributed by atoms with Gasteiger partial charge in [0.2, 0.25) is 0 Å². The predicted octanol–water partition coefficient (Wildman–Crippen LogP) is 4.97. The number of fused-ring (bicyclic) bond motifs is 1. The number of nitrogens with zero attached hydrogens (tertiary/aromatic N) is 1. The van der Waals surface area contributed by atoms with Crippen LogP contribution in [0, 0.1) is 0 Å². The number of hydrogen-bond donors (Lipinski definition) is 1. The number of alkyl halides is 3. The van der Waals surface area contributed by atoms with Crippen molar-refractivity contribution in [2.24, 2.45) is 0 Å². The number of carbonyl (C=O) groups is 1. The topological polar surface area (TPSA) is 50.8 Å². The molecule has 1 heterocycles. The summed E-state index contributed by atoms with van der Waals surface area (Å²) in [6, 6.07) is 5.95. The molecule has 9 heteroatoms. The number of carbonyl (C=O) groups excluding carboxylic acids is 1. The Hall–Kier alpha value is -2.61. The fraction of sp³-hybridized carbons (Fsp3) is 0.316. The van der Waals surface area contributed by atoms with Gasteiger partial charge in [0.25, 0.3) is 0 Å². The first-order valence-corrected chi connectivity index (χ1v) is 8.77. The highest BCUT2D eigenvalue weighted by atomic mass is 35.5. The highest BCUT2D eigenvalue weighted by Crippen LogP contribution is 2.35. The second kappa shape index (κ2) is 7.79. The van der Waals surface area contributed by atoms with Crippen LogP contribution in [-0.4, -0.2) is 31.7 Å². The highest BCUT2D eigenvalue weighted by molar-refractivity contribution is 6.33. The van der Waals surface area contributed by atoms with Crippen LogP contribution in [0.2, 0.25) is 5.02 Å². The van der Waals surface area contributed by atoms with Crippen LogP contribution >= 0.6 is 11.6 Å². The van der Waals surface area contributed by atoms with Crippen LogP contribution < -0.4 is 14.8 Å². The first-order chi connectivity index (χ1) is 13.2. The van der Waals surface area contributed by atoms with Gasteiger partial charge in [0.05, 0.1) is 30.5 Å². The maximum Gasteiger partial charge on any atom is 0.416 e. The molecule has 5 nitrogen and oxygen atoms in total. The molecule has 2 aromatic carbocycles. The average molecular weight is 415 g/mol. The Morgan fingerprint density at radius 2 is 1.75 bits per heavy atom. The van der Waals surface area contributed by atoms with Crippen LogP contribution in [0.25, 0.3) is 0 Å². The van der Waals surface area contributed by atoms with E-state index in [4.69, 9.17) is 21.1 Å². The summed E-state index contributed by atoms with van der Waals surface area (Å²) in [5.74, 6) is 1.15. The number of urea groups is 1. The summed E-state index contributed by atoms with van der Waals surface area (Å²) in [6.07, 6.45) is -3.94. The van der Waals surface area contributed by atoms with Crippen molar-refractivity contribution in [3.8, 4) is 11.5 Å². The number of methoxy groups -OCH3 is 2. The van der Waals surface area contributed by atoms with Gasteiger partial charge in [-0.15, -0.1) is 0 Å². The molecule has 0 atom stereocenters. The minimum Gasteiger partial charge on any atom is -0.493 e. The van der Waals surface area contributed by atoms with Crippen molar-refractivity contribution in [2.75, 3.05) is 26.1 Å². The summed E-state index contributed by atoms with van der Waals surface area (Å²) < 4.78 is 49.3. The Kier molecular flexibility index (Phi) is 5.60. The molecule has 28 heavy (non-hydrogen) atoms. The zero-order valence-corrected chi connectivity index (χ0v) is 15.9. The molecule has 0 fully saturated rings. The Morgan fingerprint density at radius 1 is 1.11 bits per heavy atom. The molecule has 0 aliphatic carbocycles. The molecule has 0 unspecified atom stereocenters. The Bertz CT molecular complexity index is 903. The quantitative estimate of drug-likeness (QED) is 0.771. The van der Waals surface area contributed by atoms with E-state index in [1.54, 1.807) is 13.2 Å². The summed E-state index contributed by atoms with van der Waals surface area (Å²) in [7, 11) is 3.07. The number of rotatable bonds is 3. The van der Waals surface area contributed by atoms with Crippen molar-refractivity contribution in [3.63, 3.8) is 0 Å². The third kappa shape index (κ3) is 4.11. The van der Waals surface area contributed by atoms with Crippen molar-refractivity contribution in [3.05, 3.63) is 52.0 Å². The maximum absolute atomic E-state index is 12.9. The van der Waals surface area contributed by atoms with Gasteiger partial charge in [0.15, 0.2) is 11.5 Å². The number of hydrogen-bond acceptors (Lipinski definition) is 3. The summed E-state index contributed by atoms with van der Waals surface area (Å²) in [6.45, 7) is 0.697. The summed E-state index contributed by atoms with van der Waals surface area (Å²) >= 11 is 5.95. The smallest absolute Gasteiger partial charge is 0.416 e. The number of nitrogens with one attached hydrogen (secondary N) is 1. The van der Waals surface area contributed by atoms with E-state index >= 15 is 0 Å². The zero-order chi connectivity index (χ0) is 20.5. The molecule has 0 bridgehead atoms. The molecular weight excluding hydrogens is 397 g/mol. The molecule has 2 amide bonds. The van der Waals surface area contributed by atoms with Gasteiger partial charge in [-0.05, 0) is 47.9 Å². The fourth-order valence-electron chi connectivity index (χ4n) is 3.05. The Balaban J connectivity index is 1.79. The molecule has 2 aromatic rings. The van der Waals surface area contributed by atoms with Gasteiger partial charge in [0.1, 0.15) is 0 Å². The van der Waals surface area contributed by atoms with Crippen molar-refractivity contribution in [1.82, 2.24) is 4.90 Å². The van der Waals surface area contributed by atoms with Gasteiger partial charge in [-0.3, -0.25) is 0 Å². The lowest BCUT2D eigenvalue weighted by Crippen LogP contribution is -2.39. The highest BCUT2D eigenvalue weighted by Gasteiger charge is 2.31. The summed E-state index contributed by atoms with van der Waals surface area (Å²) in [5.41, 5.74) is 0.945. The van der Waals surface area contributed by atoms with Crippen LogP contribution in [0.4, 0.5) is 23.7 Å². The minimum absolute atomic E-state index is 0.0326. The molecule has 3 rings (SSSR count). The minimum atomic E-state index is -4.52. The van der Waals surface area contributed by atoms with E-state index in [0.717, 1.165) is 29.3 Å². The first kappa shape index (κ1) is 20.1. The molecule has 0 saturated heterocycles. The van der Waals surface area contributed by atoms with Crippen molar-refractivity contribution in [1.29, 1.82) is 0 Å². The molecule has 150 valence electrons. The first-order valence-electron chi connectivity index (χ1n) is 8.39. The van der Waals surface area contributed by atoms with E-state index in [1.807, 2.05) is 6.07 Å². The average Bonchev–Trinajstić information content (AvgIpc) is 2.67. The number of anilines is 1. The second-order valence-corrected chi connectivity index (χ2v) is 6.68. The third-order valence-electron chi connectivity index (χ3n) is 4.54. The van der Waals surface area contributed by atoms with E-state index < -0.39 is 17.8 Å². The molecule has 1 N–H and O–H groups in total. The molecule has 1 aliphatic heterocycles. The van der Waals surface area contributed by atoms with Crippen molar-refractivity contribution >= 4 is 23.3 Å². The van der Waals surface area contributed by atoms with E-state index in [-0.39, 0.29) is 17.3 Å². The SMILES string of the molecule is COc1cc2c(cc1OC)CN(C(=O)Nc1cc(C(F)(F)F)ccc1Cl)CC2. The van der Waals surface area contributed by atoms with Gasteiger partial charge in [-0.1, -0.05) is 11.6 Å². The van der Waals surface area contributed by atoms with Gasteiger partial charge >= 0.3 is 12.2 Å². The summed E-state index contributed by atoms with van der Waals surface area (Å²) in [4.78, 5) is 14.1. The van der Waals surface area contributed by atoms with Gasteiger partial charge in [0, 0.05) is 13.1 Å². The number of ether oxygens (including phenoxy) is 2. The number of benzene rings is 2. The largest absolute Gasteiger partial charge is 0.493 e. The molecule has 0 spiro atoms. The lowest BCUT2D eigenvalue weighted by atomic mass is 9.99. The second-order valence-electron chi connectivity index (χ2n) is 6.27. The molecular formula is C19H18ClF3N2O3. The van der Waals surface area contributed by atoms with Crippen LogP contribution in [0.15, 0.2) is 30.3 Å². The van der Waals surface area contributed by atoms with E-state index in [9.17, 15) is 18.0 Å². The number of amides is 2. The van der Waals surface area contributed by atoms with E-state index in [2.05, 4.69) is 5.32 Å². The van der Waals surface area contributed by atoms with Crippen LogP contribution in [-0.2, 0) is 19.1 Å². The van der Waals surface area contributed by atoms with Gasteiger partial charge < -0.3 is 19.7 Å². The standard InChI is InChI=1S/C19H18ClF3N2O3/c1-27-16-7-11-5-6-25(10-12(11)8-17(16)28-2)18(26)24-15-9-13(19(21,22)23)3-4-14(15)20/h3-4,7-9H,5-6,10H2,1-2H3,(H,24,26). The van der Waals surface area contributed by atoms with Crippen molar-refractivity contribution < 1.29 is 27.4 Å². The lowest BCUT2D eigenvalue weighted by molar-refractivity contribution is -0.137. The van der Waals surface area contributed by atoms with Crippen LogP contribution in [0.3, 0.4) is 0 Å². The van der Waals surface area contributed by atoms with Crippen LogP contribution in [0.5, 0.6) is 11.5 Å². The fourth-order valence-corrected chi connectivity index (χ4v) is 3.21. The molecule has 1 aliphatic rings. The molecule has 0 aromatic heterocycles. The zero-order valence-electron chi connectivity index (χ0n) is 15.2. The monoisotopic (exact) mass is 414 g/mol. The lowest BCUT2D eigenvalue weighted by Gasteiger charge is -2.30.